The van der Waals surface area contributed by atoms with Crippen molar-refractivity contribution < 1.29 is 24.2 Å². The standard InChI is InChI=1S/C29H30FN3O4/c30-23-13-20(19-5-4-18-2-1-3-24(34)22(18)12-19)6-7-21(23)25-31-28(8-9-28)26(35)33(25)16-17-14-32(15-17)27(36)29(37)10-11-29/h1-7,13,17,21-23,34,37H,8-12,14-16H2. The Morgan fingerprint density at radius 1 is 1.14 bits per heavy atom. The van der Waals surface area contributed by atoms with Gasteiger partial charge in [-0.2, -0.15) is 0 Å². The maximum atomic E-state index is 15.7. The quantitative estimate of drug-likeness (QED) is 0.603. The van der Waals surface area contributed by atoms with E-state index in [1.165, 1.54) is 0 Å². The van der Waals surface area contributed by atoms with Gasteiger partial charge in [0.1, 0.15) is 28.9 Å². The summed E-state index contributed by atoms with van der Waals surface area (Å²) in [4.78, 5) is 33.7. The summed E-state index contributed by atoms with van der Waals surface area (Å²) in [6, 6.07) is 0. The molecule has 3 atom stereocenters. The first-order valence-corrected chi connectivity index (χ1v) is 13.2. The predicted molar refractivity (Wildman–Crippen MR) is 135 cm³/mol. The van der Waals surface area contributed by atoms with Crippen molar-refractivity contribution >= 4 is 17.6 Å². The maximum Gasteiger partial charge on any atom is 0.255 e. The Bertz CT molecular complexity index is 1300. The zero-order chi connectivity index (χ0) is 25.5. The molecule has 3 unspecified atom stereocenters. The van der Waals surface area contributed by atoms with Crippen molar-refractivity contribution in [2.45, 2.75) is 49.4 Å². The zero-order valence-electron chi connectivity index (χ0n) is 20.5. The summed E-state index contributed by atoms with van der Waals surface area (Å²) in [5.74, 6) is -0.113. The van der Waals surface area contributed by atoms with Crippen LogP contribution >= 0.6 is 0 Å². The minimum atomic E-state index is -1.33. The van der Waals surface area contributed by atoms with E-state index >= 15 is 4.39 Å². The highest BCUT2D eigenvalue weighted by Crippen LogP contribution is 2.48. The van der Waals surface area contributed by atoms with Gasteiger partial charge in [-0.3, -0.25) is 19.5 Å². The van der Waals surface area contributed by atoms with Crippen LogP contribution in [0, 0.1) is 17.8 Å². The van der Waals surface area contributed by atoms with Crippen molar-refractivity contribution in [2.24, 2.45) is 22.7 Å². The lowest BCUT2D eigenvalue weighted by Crippen LogP contribution is -2.58. The summed E-state index contributed by atoms with van der Waals surface area (Å²) in [5.41, 5.74) is 0.917. The maximum absolute atomic E-state index is 15.7. The largest absolute Gasteiger partial charge is 0.512 e. The number of aliphatic imine (C=N–C) groups is 1. The van der Waals surface area contributed by atoms with Crippen molar-refractivity contribution in [3.8, 4) is 0 Å². The number of hydrogen-bond acceptors (Lipinski definition) is 5. The molecule has 2 N–H and O–H groups in total. The number of fused-ring (bicyclic) bond motifs is 1. The second-order valence-electron chi connectivity index (χ2n) is 11.5. The van der Waals surface area contributed by atoms with Crippen molar-refractivity contribution in [3.63, 3.8) is 0 Å². The summed E-state index contributed by atoms with van der Waals surface area (Å²) in [7, 11) is 0. The molecule has 2 amide bonds. The van der Waals surface area contributed by atoms with Crippen LogP contribution in [0.15, 0.2) is 76.1 Å². The van der Waals surface area contributed by atoms with Crippen LogP contribution in [-0.2, 0) is 9.59 Å². The molecule has 2 saturated carbocycles. The Hall–Kier alpha value is -3.26. The van der Waals surface area contributed by atoms with Gasteiger partial charge in [0, 0.05) is 31.5 Å². The monoisotopic (exact) mass is 503 g/mol. The van der Waals surface area contributed by atoms with E-state index in [-0.39, 0.29) is 23.7 Å². The van der Waals surface area contributed by atoms with Crippen LogP contribution in [0.4, 0.5) is 4.39 Å². The van der Waals surface area contributed by atoms with Gasteiger partial charge in [0.15, 0.2) is 0 Å². The Morgan fingerprint density at radius 2 is 1.92 bits per heavy atom. The Balaban J connectivity index is 1.06. The number of likely N-dealkylation sites (tertiary alicyclic amines) is 1. The molecule has 3 fully saturated rings. The number of aliphatic hydroxyl groups is 2. The summed E-state index contributed by atoms with van der Waals surface area (Å²) in [6.07, 6.45) is 16.5. The van der Waals surface area contributed by atoms with E-state index in [2.05, 4.69) is 0 Å². The molecule has 7 nitrogen and oxygen atoms in total. The summed E-state index contributed by atoms with van der Waals surface area (Å²) in [6.45, 7) is 1.40. The summed E-state index contributed by atoms with van der Waals surface area (Å²) in [5, 5.41) is 20.4. The number of amides is 2. The number of rotatable bonds is 5. The molecule has 8 heteroatoms. The molecular formula is C29H30FN3O4. The van der Waals surface area contributed by atoms with Gasteiger partial charge < -0.3 is 15.1 Å². The van der Waals surface area contributed by atoms with Crippen LogP contribution in [0.1, 0.15) is 32.1 Å². The normalized spacial score (nSPS) is 32.8. The SMILES string of the molecule is O=C(N1CC(CN2C(=O)C3(CC3)N=C2C2C=CC(C3=CC=C4C=CC=C(O)C4C3)=CC2F)C1)C1(O)CC1. The van der Waals surface area contributed by atoms with E-state index in [4.69, 9.17) is 4.99 Å². The Kier molecular flexibility index (Phi) is 4.87. The highest BCUT2D eigenvalue weighted by Gasteiger charge is 2.59. The number of aliphatic hydroxyl groups excluding tert-OH is 1. The van der Waals surface area contributed by atoms with Crippen LogP contribution in [0.2, 0.25) is 0 Å². The summed E-state index contributed by atoms with van der Waals surface area (Å²) >= 11 is 0. The molecule has 192 valence electrons. The lowest BCUT2D eigenvalue weighted by Gasteiger charge is -2.42. The Morgan fingerprint density at radius 3 is 2.62 bits per heavy atom. The van der Waals surface area contributed by atoms with E-state index in [1.54, 1.807) is 22.0 Å². The third-order valence-electron chi connectivity index (χ3n) is 8.83. The fourth-order valence-corrected chi connectivity index (χ4v) is 6.13. The van der Waals surface area contributed by atoms with Gasteiger partial charge in [-0.25, -0.2) is 4.39 Å². The van der Waals surface area contributed by atoms with Gasteiger partial charge in [-0.05, 0) is 61.0 Å². The molecule has 2 aliphatic heterocycles. The number of halogens is 1. The van der Waals surface area contributed by atoms with Crippen molar-refractivity contribution in [1.82, 2.24) is 9.80 Å². The van der Waals surface area contributed by atoms with E-state index in [0.717, 1.165) is 16.7 Å². The van der Waals surface area contributed by atoms with E-state index < -0.39 is 23.2 Å². The average Bonchev–Trinajstić information content (AvgIpc) is 3.78. The van der Waals surface area contributed by atoms with Gasteiger partial charge >= 0.3 is 0 Å². The molecule has 7 rings (SSSR count). The minimum absolute atomic E-state index is 0.0521. The fraction of sp³-hybridized carbons (Fsp3) is 0.483. The first kappa shape index (κ1) is 22.9. The van der Waals surface area contributed by atoms with Gasteiger partial charge in [0.05, 0.1) is 5.92 Å². The first-order chi connectivity index (χ1) is 17.8. The topological polar surface area (TPSA) is 93.4 Å². The minimum Gasteiger partial charge on any atom is -0.512 e. The predicted octanol–water partition coefficient (Wildman–Crippen LogP) is 3.08. The van der Waals surface area contributed by atoms with E-state index in [1.807, 2.05) is 36.5 Å². The number of nitrogens with zero attached hydrogens (tertiary/aromatic N) is 3. The lowest BCUT2D eigenvalue weighted by molar-refractivity contribution is -0.149. The van der Waals surface area contributed by atoms with Gasteiger partial charge in [0.2, 0.25) is 0 Å². The molecule has 2 heterocycles. The number of hydrogen-bond donors (Lipinski definition) is 2. The van der Waals surface area contributed by atoms with E-state index in [9.17, 15) is 19.8 Å². The number of alkyl halides is 1. The number of carbonyl (C=O) groups is 2. The molecule has 0 aromatic rings. The van der Waals surface area contributed by atoms with Crippen LogP contribution in [-0.4, -0.2) is 74.6 Å². The molecule has 0 aromatic heterocycles. The molecule has 1 spiro atoms. The third kappa shape index (κ3) is 3.68. The Labute approximate surface area is 214 Å². The van der Waals surface area contributed by atoms with Crippen LogP contribution in [0.5, 0.6) is 0 Å². The first-order valence-electron chi connectivity index (χ1n) is 13.2. The molecule has 7 aliphatic rings. The number of allylic oxidation sites excluding steroid dienone is 10. The lowest BCUT2D eigenvalue weighted by atomic mass is 9.79. The van der Waals surface area contributed by atoms with Crippen LogP contribution < -0.4 is 0 Å². The third-order valence-corrected chi connectivity index (χ3v) is 8.83. The smallest absolute Gasteiger partial charge is 0.255 e. The van der Waals surface area contributed by atoms with Crippen LogP contribution in [0.25, 0.3) is 0 Å². The van der Waals surface area contributed by atoms with Crippen molar-refractivity contribution in [2.75, 3.05) is 19.6 Å². The summed E-state index contributed by atoms with van der Waals surface area (Å²) < 4.78 is 15.7. The van der Waals surface area contributed by atoms with E-state index in [0.29, 0.717) is 63.3 Å². The molecule has 5 aliphatic carbocycles. The molecule has 1 saturated heterocycles. The van der Waals surface area contributed by atoms with Gasteiger partial charge in [-0.15, -0.1) is 0 Å². The second kappa shape index (κ2) is 7.87. The average molecular weight is 504 g/mol. The number of carbonyl (C=O) groups excluding carboxylic acids is 2. The highest BCUT2D eigenvalue weighted by atomic mass is 19.1. The van der Waals surface area contributed by atoms with Crippen LogP contribution in [0.3, 0.4) is 0 Å². The second-order valence-corrected chi connectivity index (χ2v) is 11.5. The molecule has 0 bridgehead atoms. The molecular weight excluding hydrogens is 473 g/mol. The molecule has 0 aromatic carbocycles. The fourth-order valence-electron chi connectivity index (χ4n) is 6.13. The van der Waals surface area contributed by atoms with Gasteiger partial charge in [-0.1, -0.05) is 36.5 Å². The molecule has 0 radical (unpaired) electrons. The zero-order valence-corrected chi connectivity index (χ0v) is 20.5. The molecule has 37 heavy (non-hydrogen) atoms. The number of amidine groups is 1. The highest BCUT2D eigenvalue weighted by molar-refractivity contribution is 6.11. The van der Waals surface area contributed by atoms with Crippen molar-refractivity contribution in [1.29, 1.82) is 0 Å². The van der Waals surface area contributed by atoms with Gasteiger partial charge in [0.25, 0.3) is 11.8 Å². The van der Waals surface area contributed by atoms with Crippen molar-refractivity contribution in [3.05, 3.63) is 71.1 Å².